The van der Waals surface area contributed by atoms with Gasteiger partial charge in [0.2, 0.25) is 0 Å². The Morgan fingerprint density at radius 3 is 1.25 bits per heavy atom. The second-order valence-electron chi connectivity index (χ2n) is 21.9. The van der Waals surface area contributed by atoms with Crippen LogP contribution >= 0.6 is 0 Å². The molecule has 60 heavy (non-hydrogen) atoms. The number of hydrogen-bond donors (Lipinski definition) is 0. The van der Waals surface area contributed by atoms with Crippen molar-refractivity contribution in [3.63, 3.8) is 0 Å². The summed E-state index contributed by atoms with van der Waals surface area (Å²) in [5.41, 5.74) is 20.8. The molecule has 6 aromatic rings. The molecule has 0 saturated carbocycles. The van der Waals surface area contributed by atoms with Gasteiger partial charge in [0.05, 0.1) is 0 Å². The van der Waals surface area contributed by atoms with Crippen LogP contribution in [-0.4, -0.2) is 9.52 Å². The van der Waals surface area contributed by atoms with Crippen LogP contribution in [0.5, 0.6) is 0 Å². The molecular weight excluding hydrogens is 903 g/mol. The van der Waals surface area contributed by atoms with E-state index in [1.165, 1.54) is 55.6 Å². The Kier molecular flexibility index (Phi) is 10.2. The van der Waals surface area contributed by atoms with Crippen LogP contribution in [0.1, 0.15) is 124 Å². The standard InChI is InChI=1S/2C23H27.C12H9Si.Hf/c2*1-22(2,3)17-14-16-10-9-12-18(20(16)15-17)19-11-7-8-13-21(19)23(4,5)6;1-3-7-11-9(5-1)10-6-2-4-8-12(10)13-11;/h2*7-15H,1-6H3;1-7H,13H2;. The molecule has 2 heteroatoms. The van der Waals surface area contributed by atoms with Crippen molar-refractivity contribution in [2.24, 2.45) is 10.8 Å². The SMILES string of the molecule is CC(C)(C)C1=Cc2c(-c3ccccc3C(C)(C)C)cccc2[CH]1[Hf]([c]1cccc2c1[SiH2]c1ccccc1-2)[CH]1C(C(C)(C)C)=Cc2c(-c3ccccc3C(C)(C)C)cccc21. The van der Waals surface area contributed by atoms with Crippen LogP contribution in [0.2, 0.25) is 0 Å². The first kappa shape index (κ1) is 41.3. The minimum absolute atomic E-state index is 0.000690. The maximum absolute atomic E-state index is 3.30. The Balaban J connectivity index is 1.35. The van der Waals surface area contributed by atoms with Gasteiger partial charge in [-0.2, -0.15) is 0 Å². The Morgan fingerprint density at radius 2 is 0.783 bits per heavy atom. The summed E-state index contributed by atoms with van der Waals surface area (Å²) < 4.78 is 2.59. The van der Waals surface area contributed by atoms with Crippen LogP contribution in [0.3, 0.4) is 0 Å². The van der Waals surface area contributed by atoms with E-state index in [0.717, 1.165) is 0 Å². The van der Waals surface area contributed by atoms with E-state index < -0.39 is 31.0 Å². The Bertz CT molecular complexity index is 2590. The van der Waals surface area contributed by atoms with Crippen LogP contribution in [0, 0.1) is 10.8 Å². The molecule has 0 saturated heterocycles. The summed E-state index contributed by atoms with van der Waals surface area (Å²) in [6.45, 7) is 29.2. The minimum atomic E-state index is -3.30. The first-order valence-electron chi connectivity index (χ1n) is 22.3. The molecule has 0 amide bonds. The maximum atomic E-state index is 2.70. The van der Waals surface area contributed by atoms with Crippen LogP contribution < -0.4 is 13.7 Å². The number of hydrogen-bond acceptors (Lipinski definition) is 0. The molecule has 2 atom stereocenters. The third-order valence-corrected chi connectivity index (χ3v) is 29.9. The molecular formula is C58H63HfSi. The topological polar surface area (TPSA) is 0 Å². The van der Waals surface area contributed by atoms with Crippen molar-refractivity contribution < 1.29 is 21.4 Å². The van der Waals surface area contributed by atoms with Crippen molar-refractivity contribution in [2.75, 3.05) is 0 Å². The first-order chi connectivity index (χ1) is 28.3. The van der Waals surface area contributed by atoms with Crippen molar-refractivity contribution in [3.8, 4) is 33.4 Å². The third kappa shape index (κ3) is 6.99. The van der Waals surface area contributed by atoms with E-state index in [0.29, 0.717) is 7.35 Å². The van der Waals surface area contributed by atoms with Crippen molar-refractivity contribution >= 4 is 35.4 Å². The molecule has 9 rings (SSSR count). The third-order valence-electron chi connectivity index (χ3n) is 13.7. The van der Waals surface area contributed by atoms with Crippen LogP contribution in [-0.2, 0) is 32.3 Å². The van der Waals surface area contributed by atoms with Gasteiger partial charge in [-0.05, 0) is 0 Å². The molecule has 2 aliphatic carbocycles. The van der Waals surface area contributed by atoms with E-state index in [4.69, 9.17) is 0 Å². The van der Waals surface area contributed by atoms with E-state index in [1.807, 2.05) is 0 Å². The van der Waals surface area contributed by atoms with Crippen molar-refractivity contribution in [2.45, 2.75) is 101 Å². The van der Waals surface area contributed by atoms with Gasteiger partial charge >= 0.3 is 374 Å². The van der Waals surface area contributed by atoms with Gasteiger partial charge in [0.25, 0.3) is 0 Å². The molecule has 3 aliphatic rings. The zero-order valence-electron chi connectivity index (χ0n) is 38.1. The van der Waals surface area contributed by atoms with E-state index >= 15 is 0 Å². The van der Waals surface area contributed by atoms with Crippen molar-refractivity contribution in [3.05, 3.63) is 172 Å². The molecule has 0 aromatic heterocycles. The molecule has 6 aromatic carbocycles. The van der Waals surface area contributed by atoms with Gasteiger partial charge in [-0.25, -0.2) is 0 Å². The van der Waals surface area contributed by atoms with Gasteiger partial charge < -0.3 is 0 Å². The normalized spacial score (nSPS) is 17.5. The van der Waals surface area contributed by atoms with Gasteiger partial charge in [-0.3, -0.25) is 0 Å². The molecule has 0 fully saturated rings. The molecule has 0 bridgehead atoms. The second kappa shape index (κ2) is 14.8. The average Bonchev–Trinajstić information content (AvgIpc) is 3.90. The zero-order valence-corrected chi connectivity index (χ0v) is 43.1. The van der Waals surface area contributed by atoms with Gasteiger partial charge in [0.15, 0.2) is 0 Å². The number of rotatable bonds is 5. The van der Waals surface area contributed by atoms with Crippen LogP contribution in [0.25, 0.3) is 45.5 Å². The number of benzene rings is 6. The molecule has 1 aliphatic heterocycles. The van der Waals surface area contributed by atoms with Crippen LogP contribution in [0.4, 0.5) is 0 Å². The molecule has 2 unspecified atom stereocenters. The van der Waals surface area contributed by atoms with Gasteiger partial charge in [-0.15, -0.1) is 0 Å². The summed E-state index contributed by atoms with van der Waals surface area (Å²) in [7, 11) is -0.666. The number of fused-ring (bicyclic) bond motifs is 5. The van der Waals surface area contributed by atoms with Crippen molar-refractivity contribution in [1.29, 1.82) is 0 Å². The molecule has 1 heterocycles. The molecule has 0 N–H and O–H groups in total. The molecule has 303 valence electrons. The Morgan fingerprint density at radius 1 is 0.383 bits per heavy atom. The van der Waals surface area contributed by atoms with Gasteiger partial charge in [-0.1, -0.05) is 0 Å². The summed E-state index contributed by atoms with van der Waals surface area (Å²) in [5.74, 6) is 0. The summed E-state index contributed by atoms with van der Waals surface area (Å²) in [6, 6.07) is 50.0. The van der Waals surface area contributed by atoms with E-state index in [-0.39, 0.29) is 21.7 Å². The summed E-state index contributed by atoms with van der Waals surface area (Å²) in [5, 5.41) is 3.36. The van der Waals surface area contributed by atoms with E-state index in [1.54, 1.807) is 36.0 Å². The quantitative estimate of drug-likeness (QED) is 0.151. The predicted octanol–water partition coefficient (Wildman–Crippen LogP) is 13.3. The van der Waals surface area contributed by atoms with Gasteiger partial charge in [0.1, 0.15) is 0 Å². The first-order valence-corrected chi connectivity index (χ1v) is 29.7. The number of allylic oxidation sites excluding steroid dienone is 2. The molecule has 0 nitrogen and oxygen atoms in total. The van der Waals surface area contributed by atoms with E-state index in [9.17, 15) is 0 Å². The van der Waals surface area contributed by atoms with Crippen molar-refractivity contribution in [1.82, 2.24) is 0 Å². The average molecular weight is 967 g/mol. The summed E-state index contributed by atoms with van der Waals surface area (Å²) >= 11 is -3.30. The Hall–Kier alpha value is -4.11. The zero-order chi connectivity index (χ0) is 42.5. The fourth-order valence-electron chi connectivity index (χ4n) is 10.9. The molecule has 0 spiro atoms. The summed E-state index contributed by atoms with van der Waals surface area (Å²) in [4.78, 5) is 0. The predicted molar refractivity (Wildman–Crippen MR) is 261 cm³/mol. The van der Waals surface area contributed by atoms with Crippen LogP contribution in [0.15, 0.2) is 139 Å². The summed E-state index contributed by atoms with van der Waals surface area (Å²) in [6.07, 6.45) is 5.39. The molecule has 0 radical (unpaired) electrons. The van der Waals surface area contributed by atoms with E-state index in [2.05, 4.69) is 223 Å². The Labute approximate surface area is 371 Å². The van der Waals surface area contributed by atoms with Gasteiger partial charge in [0, 0.05) is 0 Å². The second-order valence-corrected chi connectivity index (χ2v) is 33.1. The monoisotopic (exact) mass is 967 g/mol. The fourth-order valence-corrected chi connectivity index (χ4v) is 32.0. The fraction of sp³-hybridized carbons (Fsp3) is 0.310.